The van der Waals surface area contributed by atoms with Crippen LogP contribution in [0, 0.1) is 5.92 Å². The lowest BCUT2D eigenvalue weighted by atomic mass is 9.97. The van der Waals surface area contributed by atoms with Crippen LogP contribution in [0.25, 0.3) is 11.1 Å². The molecule has 3 aliphatic rings. The van der Waals surface area contributed by atoms with Crippen LogP contribution in [0.3, 0.4) is 0 Å². The molecule has 4 heterocycles. The molecule has 9 heteroatoms. The predicted molar refractivity (Wildman–Crippen MR) is 131 cm³/mol. The number of carbonyl (C=O) groups excluding carboxylic acids is 3. The standard InChI is InChI=1S/C26H27N5O4/c32-22-14-18-13-19(12-17-4-3-9-31(22)23(17)18)28-25(34)24(33)27-15-16-7-10-30(11-8-16)26-29-20-5-1-2-6-21(20)35-26/h1-2,5-6,12-13,16H,3-4,7-11,14-15H2,(H,27,33)(H,28,34). The number of fused-ring (bicyclic) bond motifs is 1. The molecule has 0 aliphatic carbocycles. The van der Waals surface area contributed by atoms with Gasteiger partial charge in [-0.15, -0.1) is 0 Å². The van der Waals surface area contributed by atoms with E-state index in [-0.39, 0.29) is 11.8 Å². The molecule has 35 heavy (non-hydrogen) atoms. The largest absolute Gasteiger partial charge is 0.423 e. The van der Waals surface area contributed by atoms with Crippen LogP contribution in [-0.4, -0.2) is 48.9 Å². The van der Waals surface area contributed by atoms with Gasteiger partial charge >= 0.3 is 11.8 Å². The van der Waals surface area contributed by atoms with Crippen molar-refractivity contribution in [2.24, 2.45) is 5.92 Å². The summed E-state index contributed by atoms with van der Waals surface area (Å²) in [6.07, 6.45) is 3.87. The normalized spacial score (nSPS) is 17.5. The van der Waals surface area contributed by atoms with Crippen LogP contribution in [-0.2, 0) is 27.2 Å². The number of carbonyl (C=O) groups is 3. The lowest BCUT2D eigenvalue weighted by molar-refractivity contribution is -0.136. The molecule has 0 bridgehead atoms. The van der Waals surface area contributed by atoms with Crippen LogP contribution < -0.4 is 20.4 Å². The molecule has 2 N–H and O–H groups in total. The lowest BCUT2D eigenvalue weighted by Crippen LogP contribution is -2.42. The Labute approximate surface area is 202 Å². The molecule has 0 atom stereocenters. The molecule has 3 aromatic rings. The summed E-state index contributed by atoms with van der Waals surface area (Å²) in [6, 6.07) is 12.0. The van der Waals surface area contributed by atoms with Gasteiger partial charge in [0.25, 0.3) is 6.01 Å². The highest BCUT2D eigenvalue weighted by molar-refractivity contribution is 6.39. The number of oxazole rings is 1. The van der Waals surface area contributed by atoms with Crippen molar-refractivity contribution in [3.8, 4) is 0 Å². The van der Waals surface area contributed by atoms with Gasteiger partial charge in [0.05, 0.1) is 12.1 Å². The second kappa shape index (κ2) is 8.72. The van der Waals surface area contributed by atoms with Crippen molar-refractivity contribution >= 4 is 46.2 Å². The van der Waals surface area contributed by atoms with Crippen molar-refractivity contribution in [3.63, 3.8) is 0 Å². The minimum atomic E-state index is -0.682. The second-order valence-corrected chi connectivity index (χ2v) is 9.53. The van der Waals surface area contributed by atoms with Crippen molar-refractivity contribution in [3.05, 3.63) is 47.5 Å². The highest BCUT2D eigenvalue weighted by Gasteiger charge is 2.32. The first-order chi connectivity index (χ1) is 17.0. The van der Waals surface area contributed by atoms with Crippen LogP contribution in [0.2, 0.25) is 0 Å². The molecule has 0 spiro atoms. The van der Waals surface area contributed by atoms with Crippen LogP contribution in [0.1, 0.15) is 30.4 Å². The average Bonchev–Trinajstić information content (AvgIpc) is 3.45. The number of nitrogens with one attached hydrogen (secondary N) is 2. The van der Waals surface area contributed by atoms with Gasteiger partial charge in [-0.3, -0.25) is 14.4 Å². The summed E-state index contributed by atoms with van der Waals surface area (Å²) < 4.78 is 5.86. The SMILES string of the molecule is O=C(NCC1CCN(c2nc3ccccc3o2)CC1)C(=O)Nc1cc2c3c(c1)CC(=O)N3CCC2. The third kappa shape index (κ3) is 4.11. The van der Waals surface area contributed by atoms with Crippen molar-refractivity contribution in [1.82, 2.24) is 10.3 Å². The summed E-state index contributed by atoms with van der Waals surface area (Å²) in [7, 11) is 0. The first-order valence-electron chi connectivity index (χ1n) is 12.2. The van der Waals surface area contributed by atoms with Crippen LogP contribution in [0.15, 0.2) is 40.8 Å². The van der Waals surface area contributed by atoms with Gasteiger partial charge in [0.1, 0.15) is 5.52 Å². The summed E-state index contributed by atoms with van der Waals surface area (Å²) in [4.78, 5) is 45.7. The summed E-state index contributed by atoms with van der Waals surface area (Å²) in [5.74, 6) is -0.936. The molecule has 3 aliphatic heterocycles. The maximum atomic E-state index is 12.5. The second-order valence-electron chi connectivity index (χ2n) is 9.53. The number of amides is 3. The Hall–Kier alpha value is -3.88. The zero-order valence-corrected chi connectivity index (χ0v) is 19.4. The topological polar surface area (TPSA) is 108 Å². The minimum absolute atomic E-state index is 0.101. The molecule has 9 nitrogen and oxygen atoms in total. The fourth-order valence-electron chi connectivity index (χ4n) is 5.38. The van der Waals surface area contributed by atoms with Crippen LogP contribution >= 0.6 is 0 Å². The zero-order chi connectivity index (χ0) is 23.9. The number of anilines is 3. The molecule has 1 fully saturated rings. The first kappa shape index (κ1) is 21.6. The molecule has 180 valence electrons. The molecule has 1 aromatic heterocycles. The van der Waals surface area contributed by atoms with E-state index < -0.39 is 11.8 Å². The van der Waals surface area contributed by atoms with E-state index in [1.165, 1.54) is 0 Å². The van der Waals surface area contributed by atoms with Gasteiger partial charge < -0.3 is 24.9 Å². The molecular formula is C26H27N5O4. The van der Waals surface area contributed by atoms with Crippen molar-refractivity contribution in [2.75, 3.05) is 41.3 Å². The van der Waals surface area contributed by atoms with E-state index >= 15 is 0 Å². The Morgan fingerprint density at radius 1 is 1.06 bits per heavy atom. The Morgan fingerprint density at radius 2 is 1.86 bits per heavy atom. The number of aryl methyl sites for hydroxylation is 1. The fourth-order valence-corrected chi connectivity index (χ4v) is 5.38. The van der Waals surface area contributed by atoms with Crippen molar-refractivity contribution < 1.29 is 18.8 Å². The summed E-state index contributed by atoms with van der Waals surface area (Å²) >= 11 is 0. The maximum absolute atomic E-state index is 12.5. The number of benzene rings is 2. The van der Waals surface area contributed by atoms with E-state index in [0.29, 0.717) is 24.7 Å². The number of para-hydroxylation sites is 2. The van der Waals surface area contributed by atoms with Gasteiger partial charge in [0.2, 0.25) is 5.91 Å². The molecule has 1 saturated heterocycles. The number of hydrogen-bond donors (Lipinski definition) is 2. The number of aromatic nitrogens is 1. The molecule has 3 amide bonds. The highest BCUT2D eigenvalue weighted by atomic mass is 16.4. The molecule has 0 unspecified atom stereocenters. The van der Waals surface area contributed by atoms with E-state index in [1.807, 2.05) is 41.3 Å². The first-order valence-corrected chi connectivity index (χ1v) is 12.2. The zero-order valence-electron chi connectivity index (χ0n) is 19.4. The predicted octanol–water partition coefficient (Wildman–Crippen LogP) is 2.63. The van der Waals surface area contributed by atoms with Gasteiger partial charge in [-0.1, -0.05) is 12.1 Å². The van der Waals surface area contributed by atoms with E-state index in [0.717, 1.165) is 73.2 Å². The van der Waals surface area contributed by atoms with Crippen molar-refractivity contribution in [2.45, 2.75) is 32.1 Å². The molecular weight excluding hydrogens is 446 g/mol. The number of nitrogens with zero attached hydrogens (tertiary/aromatic N) is 3. The quantitative estimate of drug-likeness (QED) is 0.564. The molecule has 0 radical (unpaired) electrons. The fraction of sp³-hybridized carbons (Fsp3) is 0.385. The van der Waals surface area contributed by atoms with Gasteiger partial charge in [0, 0.05) is 31.9 Å². The summed E-state index contributed by atoms with van der Waals surface area (Å²) in [5, 5.41) is 5.50. The maximum Gasteiger partial charge on any atom is 0.313 e. The summed E-state index contributed by atoms with van der Waals surface area (Å²) in [6.45, 7) is 2.77. The Bertz CT molecular complexity index is 1290. The van der Waals surface area contributed by atoms with E-state index in [1.54, 1.807) is 0 Å². The Balaban J connectivity index is 1.01. The highest BCUT2D eigenvalue weighted by Crippen LogP contribution is 2.38. The van der Waals surface area contributed by atoms with E-state index in [2.05, 4.69) is 20.5 Å². The smallest absolute Gasteiger partial charge is 0.313 e. The monoisotopic (exact) mass is 473 g/mol. The van der Waals surface area contributed by atoms with Gasteiger partial charge in [-0.05, 0) is 67.0 Å². The Morgan fingerprint density at radius 3 is 2.69 bits per heavy atom. The molecule has 0 saturated carbocycles. The van der Waals surface area contributed by atoms with E-state index in [9.17, 15) is 14.4 Å². The summed E-state index contributed by atoms with van der Waals surface area (Å²) in [5.41, 5.74) is 5.17. The van der Waals surface area contributed by atoms with Crippen molar-refractivity contribution in [1.29, 1.82) is 0 Å². The van der Waals surface area contributed by atoms with Gasteiger partial charge in [-0.2, -0.15) is 4.98 Å². The van der Waals surface area contributed by atoms with Crippen LogP contribution in [0.4, 0.5) is 17.4 Å². The minimum Gasteiger partial charge on any atom is -0.423 e. The van der Waals surface area contributed by atoms with Gasteiger partial charge in [-0.25, -0.2) is 0 Å². The van der Waals surface area contributed by atoms with E-state index in [4.69, 9.17) is 4.42 Å². The third-order valence-corrected chi connectivity index (χ3v) is 7.19. The molecule has 6 rings (SSSR count). The van der Waals surface area contributed by atoms with Gasteiger partial charge in [0.15, 0.2) is 5.58 Å². The van der Waals surface area contributed by atoms with Crippen LogP contribution in [0.5, 0.6) is 0 Å². The Kier molecular flexibility index (Phi) is 5.39. The average molecular weight is 474 g/mol. The lowest BCUT2D eigenvalue weighted by Gasteiger charge is -2.30. The number of hydrogen-bond acceptors (Lipinski definition) is 6. The number of rotatable bonds is 4. The number of piperidine rings is 1. The molecule has 2 aromatic carbocycles. The third-order valence-electron chi connectivity index (χ3n) is 7.19.